The fourth-order valence-corrected chi connectivity index (χ4v) is 1.92. The number of rotatable bonds is 8. The second-order valence-corrected chi connectivity index (χ2v) is 5.55. The maximum absolute atomic E-state index is 11.6. The SMILES string of the molecule is Cc1ccc(NCCC(=O)NCCCN(C)C)cc1Cl. The third-order valence-corrected chi connectivity index (χ3v) is 3.36. The van der Waals surface area contributed by atoms with Crippen LogP contribution in [-0.4, -0.2) is 44.5 Å². The molecule has 0 saturated carbocycles. The maximum atomic E-state index is 11.6. The van der Waals surface area contributed by atoms with Crippen LogP contribution >= 0.6 is 11.6 Å². The molecule has 0 heterocycles. The number of aryl methyl sites for hydroxylation is 1. The maximum Gasteiger partial charge on any atom is 0.221 e. The van der Waals surface area contributed by atoms with Crippen LogP contribution in [0.1, 0.15) is 18.4 Å². The highest BCUT2D eigenvalue weighted by atomic mass is 35.5. The summed E-state index contributed by atoms with van der Waals surface area (Å²) in [5.41, 5.74) is 2.00. The van der Waals surface area contributed by atoms with Gasteiger partial charge in [0, 0.05) is 30.2 Å². The van der Waals surface area contributed by atoms with Crippen LogP contribution in [0.15, 0.2) is 18.2 Å². The van der Waals surface area contributed by atoms with E-state index in [9.17, 15) is 4.79 Å². The quantitative estimate of drug-likeness (QED) is 0.725. The minimum absolute atomic E-state index is 0.0782. The molecule has 112 valence electrons. The van der Waals surface area contributed by atoms with Crippen LogP contribution in [0.3, 0.4) is 0 Å². The van der Waals surface area contributed by atoms with Crippen LogP contribution in [0.5, 0.6) is 0 Å². The van der Waals surface area contributed by atoms with Crippen molar-refractivity contribution in [3.05, 3.63) is 28.8 Å². The fourth-order valence-electron chi connectivity index (χ4n) is 1.73. The molecule has 0 saturated heterocycles. The van der Waals surface area contributed by atoms with Gasteiger partial charge >= 0.3 is 0 Å². The van der Waals surface area contributed by atoms with Crippen molar-refractivity contribution in [3.63, 3.8) is 0 Å². The van der Waals surface area contributed by atoms with E-state index < -0.39 is 0 Å². The Kier molecular flexibility index (Phi) is 7.41. The van der Waals surface area contributed by atoms with Crippen LogP contribution in [0.2, 0.25) is 5.02 Å². The van der Waals surface area contributed by atoms with Crippen LogP contribution < -0.4 is 10.6 Å². The van der Waals surface area contributed by atoms with Gasteiger partial charge in [-0.3, -0.25) is 4.79 Å². The highest BCUT2D eigenvalue weighted by molar-refractivity contribution is 6.31. The molecule has 2 N–H and O–H groups in total. The standard InChI is InChI=1S/C15H24ClN3O/c1-12-5-6-13(11-14(12)16)17-9-7-15(20)18-8-4-10-19(2)3/h5-6,11,17H,4,7-10H2,1-3H3,(H,18,20). The number of nitrogens with zero attached hydrogens (tertiary/aromatic N) is 1. The molecule has 0 bridgehead atoms. The average molecular weight is 298 g/mol. The van der Waals surface area contributed by atoms with Gasteiger partial charge in [0.1, 0.15) is 0 Å². The van der Waals surface area contributed by atoms with E-state index in [1.165, 1.54) is 0 Å². The predicted octanol–water partition coefficient (Wildman–Crippen LogP) is 2.52. The monoisotopic (exact) mass is 297 g/mol. The Morgan fingerprint density at radius 3 is 2.70 bits per heavy atom. The summed E-state index contributed by atoms with van der Waals surface area (Å²) in [6.45, 7) is 4.29. The normalized spacial score (nSPS) is 10.7. The number of hydrogen-bond acceptors (Lipinski definition) is 3. The smallest absolute Gasteiger partial charge is 0.221 e. The van der Waals surface area contributed by atoms with Gasteiger partial charge in [0.2, 0.25) is 5.91 Å². The lowest BCUT2D eigenvalue weighted by atomic mass is 10.2. The summed E-state index contributed by atoms with van der Waals surface area (Å²) in [6.07, 6.45) is 1.44. The summed E-state index contributed by atoms with van der Waals surface area (Å²) in [7, 11) is 4.05. The van der Waals surface area contributed by atoms with Crippen molar-refractivity contribution >= 4 is 23.2 Å². The zero-order valence-electron chi connectivity index (χ0n) is 12.5. The Balaban J connectivity index is 2.16. The van der Waals surface area contributed by atoms with Gasteiger partial charge in [0.25, 0.3) is 0 Å². The third-order valence-electron chi connectivity index (χ3n) is 2.96. The molecule has 1 rings (SSSR count). The highest BCUT2D eigenvalue weighted by Gasteiger charge is 2.02. The summed E-state index contributed by atoms with van der Waals surface area (Å²) in [4.78, 5) is 13.7. The number of benzene rings is 1. The number of anilines is 1. The van der Waals surface area contributed by atoms with Gasteiger partial charge in [-0.2, -0.15) is 0 Å². The van der Waals surface area contributed by atoms with Crippen LogP contribution in [0.4, 0.5) is 5.69 Å². The Bertz CT molecular complexity index is 435. The molecule has 0 unspecified atom stereocenters. The first-order valence-electron chi connectivity index (χ1n) is 6.90. The molecule has 0 radical (unpaired) electrons. The van der Waals surface area contributed by atoms with Crippen molar-refractivity contribution in [2.24, 2.45) is 0 Å². The molecule has 0 aliphatic heterocycles. The van der Waals surface area contributed by atoms with Gasteiger partial charge in [0.15, 0.2) is 0 Å². The molecule has 0 spiro atoms. The minimum Gasteiger partial charge on any atom is -0.384 e. The van der Waals surface area contributed by atoms with Gasteiger partial charge < -0.3 is 15.5 Å². The van der Waals surface area contributed by atoms with E-state index in [4.69, 9.17) is 11.6 Å². The first-order chi connectivity index (χ1) is 9.49. The van der Waals surface area contributed by atoms with Gasteiger partial charge in [-0.1, -0.05) is 17.7 Å². The van der Waals surface area contributed by atoms with E-state index in [-0.39, 0.29) is 5.91 Å². The number of nitrogens with one attached hydrogen (secondary N) is 2. The Morgan fingerprint density at radius 2 is 2.05 bits per heavy atom. The number of halogens is 1. The first-order valence-corrected chi connectivity index (χ1v) is 7.28. The third kappa shape index (κ3) is 6.78. The minimum atomic E-state index is 0.0782. The fraction of sp³-hybridized carbons (Fsp3) is 0.533. The Morgan fingerprint density at radius 1 is 1.30 bits per heavy atom. The van der Waals surface area contributed by atoms with Crippen molar-refractivity contribution in [2.75, 3.05) is 39.0 Å². The van der Waals surface area contributed by atoms with E-state index in [0.717, 1.165) is 35.8 Å². The van der Waals surface area contributed by atoms with Gasteiger partial charge in [-0.05, 0) is 51.7 Å². The highest BCUT2D eigenvalue weighted by Crippen LogP contribution is 2.19. The molecule has 0 atom stereocenters. The first kappa shape index (κ1) is 16.8. The predicted molar refractivity (Wildman–Crippen MR) is 85.5 cm³/mol. The van der Waals surface area contributed by atoms with Gasteiger partial charge in [0.05, 0.1) is 0 Å². The molecule has 0 aliphatic rings. The number of carbonyl (C=O) groups excluding carboxylic acids is 1. The van der Waals surface area contributed by atoms with Crippen molar-refractivity contribution in [2.45, 2.75) is 19.8 Å². The van der Waals surface area contributed by atoms with E-state index in [1.807, 2.05) is 39.2 Å². The summed E-state index contributed by atoms with van der Waals surface area (Å²) >= 11 is 6.04. The summed E-state index contributed by atoms with van der Waals surface area (Å²) in [5, 5.41) is 6.85. The average Bonchev–Trinajstić information content (AvgIpc) is 2.39. The number of hydrogen-bond donors (Lipinski definition) is 2. The van der Waals surface area contributed by atoms with E-state index in [0.29, 0.717) is 13.0 Å². The second kappa shape index (κ2) is 8.82. The zero-order chi connectivity index (χ0) is 15.0. The van der Waals surface area contributed by atoms with Crippen molar-refractivity contribution in [3.8, 4) is 0 Å². The van der Waals surface area contributed by atoms with Crippen molar-refractivity contribution < 1.29 is 4.79 Å². The molecule has 0 fully saturated rings. The molecule has 5 heteroatoms. The molecule has 4 nitrogen and oxygen atoms in total. The summed E-state index contributed by atoms with van der Waals surface area (Å²) in [5.74, 6) is 0.0782. The molecule has 1 amide bonds. The topological polar surface area (TPSA) is 44.4 Å². The largest absolute Gasteiger partial charge is 0.384 e. The molecular formula is C15H24ClN3O. The summed E-state index contributed by atoms with van der Waals surface area (Å²) in [6, 6.07) is 5.81. The molecule has 1 aromatic rings. The van der Waals surface area contributed by atoms with Crippen molar-refractivity contribution in [1.29, 1.82) is 0 Å². The van der Waals surface area contributed by atoms with E-state index in [2.05, 4.69) is 15.5 Å². The molecule has 0 aliphatic carbocycles. The van der Waals surface area contributed by atoms with Gasteiger partial charge in [-0.15, -0.1) is 0 Å². The Hall–Kier alpha value is -1.26. The zero-order valence-corrected chi connectivity index (χ0v) is 13.3. The lowest BCUT2D eigenvalue weighted by Gasteiger charge is -2.10. The van der Waals surface area contributed by atoms with E-state index in [1.54, 1.807) is 0 Å². The summed E-state index contributed by atoms with van der Waals surface area (Å²) < 4.78 is 0. The molecular weight excluding hydrogens is 274 g/mol. The van der Waals surface area contributed by atoms with Gasteiger partial charge in [-0.25, -0.2) is 0 Å². The second-order valence-electron chi connectivity index (χ2n) is 5.15. The van der Waals surface area contributed by atoms with Crippen LogP contribution in [0, 0.1) is 6.92 Å². The molecule has 20 heavy (non-hydrogen) atoms. The number of amides is 1. The lowest BCUT2D eigenvalue weighted by Crippen LogP contribution is -2.28. The lowest BCUT2D eigenvalue weighted by molar-refractivity contribution is -0.120. The van der Waals surface area contributed by atoms with E-state index >= 15 is 0 Å². The van der Waals surface area contributed by atoms with Crippen LogP contribution in [0.25, 0.3) is 0 Å². The Labute approximate surface area is 126 Å². The molecule has 1 aromatic carbocycles. The van der Waals surface area contributed by atoms with Crippen molar-refractivity contribution in [1.82, 2.24) is 10.2 Å². The van der Waals surface area contributed by atoms with Crippen LogP contribution in [-0.2, 0) is 4.79 Å². The molecule has 0 aromatic heterocycles. The number of carbonyl (C=O) groups is 1.